The number of likely N-dealkylation sites (N-methyl/N-ethyl adjacent to an activating group) is 1. The molecule has 0 spiro atoms. The van der Waals surface area contributed by atoms with Crippen LogP contribution >= 0.6 is 0 Å². The van der Waals surface area contributed by atoms with Gasteiger partial charge >= 0.3 is 0 Å². The summed E-state index contributed by atoms with van der Waals surface area (Å²) < 4.78 is 22.1. The Kier molecular flexibility index (Phi) is 6.42. The maximum absolute atomic E-state index is 14.6. The van der Waals surface area contributed by atoms with E-state index in [0.29, 0.717) is 48.1 Å². The van der Waals surface area contributed by atoms with Crippen molar-refractivity contribution >= 4 is 23.6 Å². The Morgan fingerprint density at radius 3 is 2.91 bits per heavy atom. The SMILES string of the molecule is CNCC(C)Oc1ccc(F)c(C#N)c1CN(CC1CC1)c1ccn2nc(N)c(C=O)c2n1. The number of nitrogens with zero attached hydrogens (tertiary/aromatic N) is 5. The minimum atomic E-state index is -0.595. The topological polar surface area (TPSA) is 122 Å². The van der Waals surface area contributed by atoms with Crippen LogP contribution in [0.4, 0.5) is 16.0 Å². The first-order chi connectivity index (χ1) is 15.9. The highest BCUT2D eigenvalue weighted by molar-refractivity contribution is 5.90. The molecule has 1 saturated carbocycles. The average molecular weight is 452 g/mol. The van der Waals surface area contributed by atoms with Crippen molar-refractivity contribution in [1.29, 1.82) is 5.26 Å². The summed E-state index contributed by atoms with van der Waals surface area (Å²) >= 11 is 0. The molecule has 1 aliphatic rings. The molecule has 0 amide bonds. The number of carbonyl (C=O) groups excluding carboxylic acids is 1. The molecule has 10 heteroatoms. The molecule has 4 rings (SSSR count). The molecule has 0 aliphatic heterocycles. The molecule has 1 aromatic carbocycles. The van der Waals surface area contributed by atoms with Crippen molar-refractivity contribution < 1.29 is 13.9 Å². The fourth-order valence-electron chi connectivity index (χ4n) is 3.82. The van der Waals surface area contributed by atoms with Crippen LogP contribution in [0.15, 0.2) is 24.4 Å². The molecule has 3 N–H and O–H groups in total. The van der Waals surface area contributed by atoms with Crippen LogP contribution in [-0.2, 0) is 6.54 Å². The first kappa shape index (κ1) is 22.5. The quantitative estimate of drug-likeness (QED) is 0.451. The molecule has 33 heavy (non-hydrogen) atoms. The molecule has 2 heterocycles. The second-order valence-electron chi connectivity index (χ2n) is 8.29. The van der Waals surface area contributed by atoms with Crippen molar-refractivity contribution in [3.05, 3.63) is 46.9 Å². The zero-order valence-corrected chi connectivity index (χ0v) is 18.6. The molecule has 1 atom stereocenters. The maximum atomic E-state index is 14.6. The zero-order valence-electron chi connectivity index (χ0n) is 18.6. The Labute approximate surface area is 191 Å². The largest absolute Gasteiger partial charge is 0.489 e. The zero-order chi connectivity index (χ0) is 23.5. The van der Waals surface area contributed by atoms with Gasteiger partial charge in [-0.3, -0.25) is 4.79 Å². The van der Waals surface area contributed by atoms with E-state index in [2.05, 4.69) is 15.4 Å². The lowest BCUT2D eigenvalue weighted by molar-refractivity contribution is 0.112. The number of nitrogens with one attached hydrogen (secondary N) is 1. The molecule has 1 aliphatic carbocycles. The second-order valence-corrected chi connectivity index (χ2v) is 8.29. The number of anilines is 2. The summed E-state index contributed by atoms with van der Waals surface area (Å²) in [6.45, 7) is 3.40. The molecule has 172 valence electrons. The monoisotopic (exact) mass is 451 g/mol. The van der Waals surface area contributed by atoms with E-state index in [0.717, 1.165) is 12.8 Å². The van der Waals surface area contributed by atoms with E-state index in [-0.39, 0.29) is 29.6 Å². The summed E-state index contributed by atoms with van der Waals surface area (Å²) in [6.07, 6.45) is 4.32. The molecule has 9 nitrogen and oxygen atoms in total. The van der Waals surface area contributed by atoms with E-state index in [1.807, 2.05) is 24.9 Å². The van der Waals surface area contributed by atoms with Gasteiger partial charge in [0.1, 0.15) is 35.1 Å². The number of benzene rings is 1. The van der Waals surface area contributed by atoms with Gasteiger partial charge in [-0.05, 0) is 50.9 Å². The molecular weight excluding hydrogens is 425 g/mol. The summed E-state index contributed by atoms with van der Waals surface area (Å²) in [5, 5.41) is 16.8. The Hall–Kier alpha value is -3.71. The summed E-state index contributed by atoms with van der Waals surface area (Å²) in [6, 6.07) is 6.58. The third-order valence-electron chi connectivity index (χ3n) is 5.65. The van der Waals surface area contributed by atoms with Crippen molar-refractivity contribution in [3.8, 4) is 11.8 Å². The number of halogens is 1. The van der Waals surface area contributed by atoms with E-state index in [1.54, 1.807) is 18.3 Å². The van der Waals surface area contributed by atoms with Crippen molar-refractivity contribution in [2.24, 2.45) is 5.92 Å². The standard InChI is InChI=1S/C23H26FN7O2/c1-14(10-27-2)33-20-6-5-19(24)16(9-25)17(20)12-30(11-15-3-4-15)21-7-8-31-23(28-21)18(13-32)22(26)29-31/h5-8,13-15,27H,3-4,10-12H2,1-2H3,(H2,26,29). The lowest BCUT2D eigenvalue weighted by atomic mass is 10.1. The number of fused-ring (bicyclic) bond motifs is 1. The minimum Gasteiger partial charge on any atom is -0.489 e. The third-order valence-corrected chi connectivity index (χ3v) is 5.65. The van der Waals surface area contributed by atoms with Gasteiger partial charge in [0, 0.05) is 31.4 Å². The number of rotatable bonds is 10. The van der Waals surface area contributed by atoms with E-state index in [1.165, 1.54) is 10.6 Å². The normalized spacial score (nSPS) is 14.1. The number of aromatic nitrogens is 3. The van der Waals surface area contributed by atoms with E-state index in [9.17, 15) is 14.4 Å². The third kappa shape index (κ3) is 4.73. The van der Waals surface area contributed by atoms with Crippen molar-refractivity contribution in [2.75, 3.05) is 30.8 Å². The summed E-state index contributed by atoms with van der Waals surface area (Å²) in [5.74, 6) is 1.03. The van der Waals surface area contributed by atoms with Gasteiger partial charge < -0.3 is 20.7 Å². The van der Waals surface area contributed by atoms with Crippen LogP contribution in [0.25, 0.3) is 5.65 Å². The fourth-order valence-corrected chi connectivity index (χ4v) is 3.82. The number of ether oxygens (including phenoxy) is 1. The van der Waals surface area contributed by atoms with E-state index >= 15 is 0 Å². The minimum absolute atomic E-state index is 0.0480. The molecule has 1 unspecified atom stereocenters. The summed E-state index contributed by atoms with van der Waals surface area (Å²) in [7, 11) is 1.82. The van der Waals surface area contributed by atoms with Crippen LogP contribution in [0.2, 0.25) is 0 Å². The van der Waals surface area contributed by atoms with E-state index in [4.69, 9.17) is 10.5 Å². The van der Waals surface area contributed by atoms with Gasteiger partial charge in [0.15, 0.2) is 17.8 Å². The molecule has 1 fully saturated rings. The van der Waals surface area contributed by atoms with Gasteiger partial charge in [-0.1, -0.05) is 0 Å². The molecule has 0 radical (unpaired) electrons. The molecule has 3 aromatic rings. The smallest absolute Gasteiger partial charge is 0.170 e. The predicted molar refractivity (Wildman–Crippen MR) is 122 cm³/mol. The van der Waals surface area contributed by atoms with Crippen LogP contribution in [0, 0.1) is 23.1 Å². The van der Waals surface area contributed by atoms with Gasteiger partial charge in [0.05, 0.1) is 5.56 Å². The highest BCUT2D eigenvalue weighted by Gasteiger charge is 2.28. The van der Waals surface area contributed by atoms with Gasteiger partial charge in [0.25, 0.3) is 0 Å². The number of nitrogens with two attached hydrogens (primary N) is 1. The molecule has 0 saturated heterocycles. The number of nitriles is 1. The van der Waals surface area contributed by atoms with Crippen molar-refractivity contribution in [2.45, 2.75) is 32.4 Å². The Balaban J connectivity index is 1.75. The van der Waals surface area contributed by atoms with Gasteiger partial charge in [0.2, 0.25) is 0 Å². The van der Waals surface area contributed by atoms with Crippen LogP contribution in [0.5, 0.6) is 5.75 Å². The lowest BCUT2D eigenvalue weighted by Crippen LogP contribution is -2.29. The predicted octanol–water partition coefficient (Wildman–Crippen LogP) is 2.54. The number of hydrogen-bond donors (Lipinski definition) is 2. The van der Waals surface area contributed by atoms with Crippen molar-refractivity contribution in [3.63, 3.8) is 0 Å². The van der Waals surface area contributed by atoms with Gasteiger partial charge in [-0.15, -0.1) is 5.10 Å². The number of aldehydes is 1. The van der Waals surface area contributed by atoms with Crippen LogP contribution in [-0.4, -0.2) is 47.1 Å². The highest BCUT2D eigenvalue weighted by atomic mass is 19.1. The van der Waals surface area contributed by atoms with Crippen molar-refractivity contribution in [1.82, 2.24) is 19.9 Å². The Bertz CT molecular complexity index is 1220. The van der Waals surface area contributed by atoms with Crippen LogP contribution in [0.3, 0.4) is 0 Å². The van der Waals surface area contributed by atoms with Gasteiger partial charge in [-0.25, -0.2) is 13.9 Å². The first-order valence-electron chi connectivity index (χ1n) is 10.8. The molecule has 0 bridgehead atoms. The van der Waals surface area contributed by atoms with Gasteiger partial charge in [-0.2, -0.15) is 5.26 Å². The van der Waals surface area contributed by atoms with Crippen LogP contribution in [0.1, 0.15) is 41.3 Å². The second kappa shape index (κ2) is 9.42. The summed E-state index contributed by atoms with van der Waals surface area (Å²) in [5.41, 5.74) is 6.82. The Morgan fingerprint density at radius 1 is 1.45 bits per heavy atom. The van der Waals surface area contributed by atoms with E-state index < -0.39 is 5.82 Å². The first-order valence-corrected chi connectivity index (χ1v) is 10.8. The Morgan fingerprint density at radius 2 is 2.24 bits per heavy atom. The lowest BCUT2D eigenvalue weighted by Gasteiger charge is -2.26. The summed E-state index contributed by atoms with van der Waals surface area (Å²) in [4.78, 5) is 18.1. The van der Waals surface area contributed by atoms with Crippen LogP contribution < -0.4 is 20.7 Å². The number of nitrogen functional groups attached to an aromatic ring is 1. The number of hydrogen-bond acceptors (Lipinski definition) is 8. The highest BCUT2D eigenvalue weighted by Crippen LogP contribution is 2.34. The average Bonchev–Trinajstić information content (AvgIpc) is 3.55. The molecular formula is C23H26FN7O2. The fraction of sp³-hybridized carbons (Fsp3) is 0.391. The number of carbonyl (C=O) groups is 1. The molecule has 2 aromatic heterocycles. The maximum Gasteiger partial charge on any atom is 0.170 e.